The predicted molar refractivity (Wildman–Crippen MR) is 132 cm³/mol. The Morgan fingerprint density at radius 3 is 1.66 bits per heavy atom. The Labute approximate surface area is 194 Å². The Kier molecular flexibility index (Phi) is 5.76. The van der Waals surface area contributed by atoms with E-state index in [0.29, 0.717) is 11.8 Å². The second-order valence-corrected chi connectivity index (χ2v) is 10.6. The van der Waals surface area contributed by atoms with Crippen molar-refractivity contribution in [1.82, 2.24) is 0 Å². The van der Waals surface area contributed by atoms with Gasteiger partial charge in [0.2, 0.25) is 5.69 Å². The summed E-state index contributed by atoms with van der Waals surface area (Å²) in [5, 5.41) is 0. The van der Waals surface area contributed by atoms with Crippen LogP contribution in [0.4, 0.5) is 0 Å². The van der Waals surface area contributed by atoms with Gasteiger partial charge in [-0.3, -0.25) is 0 Å². The van der Waals surface area contributed by atoms with Crippen LogP contribution < -0.4 is 4.57 Å². The zero-order valence-corrected chi connectivity index (χ0v) is 19.6. The summed E-state index contributed by atoms with van der Waals surface area (Å²) in [6.45, 7) is 0. The van der Waals surface area contributed by atoms with Gasteiger partial charge in [-0.05, 0) is 96.0 Å². The highest BCUT2D eigenvalue weighted by atomic mass is 15.0. The number of para-hydroxylation sites is 1. The molecule has 2 aromatic rings. The van der Waals surface area contributed by atoms with E-state index in [1.165, 1.54) is 95.6 Å². The first-order valence-electron chi connectivity index (χ1n) is 13.4. The quantitative estimate of drug-likeness (QED) is 0.349. The third kappa shape index (κ3) is 3.68. The van der Waals surface area contributed by atoms with Gasteiger partial charge in [0.15, 0.2) is 11.4 Å². The van der Waals surface area contributed by atoms with E-state index >= 15 is 0 Å². The molecule has 0 spiro atoms. The van der Waals surface area contributed by atoms with Crippen molar-refractivity contribution in [3.05, 3.63) is 82.2 Å². The molecule has 0 unspecified atom stereocenters. The molecule has 1 nitrogen and oxygen atoms in total. The van der Waals surface area contributed by atoms with Crippen molar-refractivity contribution in [3.8, 4) is 5.69 Å². The molecule has 32 heavy (non-hydrogen) atoms. The number of benzene rings is 1. The lowest BCUT2D eigenvalue weighted by molar-refractivity contribution is -0.617. The molecule has 4 aliphatic carbocycles. The van der Waals surface area contributed by atoms with Crippen LogP contribution in [0.15, 0.2) is 59.7 Å². The molecule has 1 heterocycles. The zero-order chi connectivity index (χ0) is 21.3. The van der Waals surface area contributed by atoms with Gasteiger partial charge in [-0.1, -0.05) is 41.5 Å². The molecule has 1 aromatic carbocycles. The van der Waals surface area contributed by atoms with Crippen LogP contribution in [-0.2, 0) is 12.8 Å². The molecule has 4 aliphatic rings. The topological polar surface area (TPSA) is 3.88 Å². The highest BCUT2D eigenvalue weighted by molar-refractivity contribution is 5.41. The lowest BCUT2D eigenvalue weighted by Gasteiger charge is -2.32. The molecule has 166 valence electrons. The maximum atomic E-state index is 2.79. The molecule has 0 N–H and O–H groups in total. The molecule has 0 saturated carbocycles. The summed E-state index contributed by atoms with van der Waals surface area (Å²) in [5.41, 5.74) is 11.5. The number of hydrogen-bond acceptors (Lipinski definition) is 0. The van der Waals surface area contributed by atoms with Gasteiger partial charge < -0.3 is 0 Å². The lowest BCUT2D eigenvalue weighted by Crippen LogP contribution is -2.47. The molecular weight excluding hydrogens is 386 g/mol. The van der Waals surface area contributed by atoms with Crippen molar-refractivity contribution in [2.75, 3.05) is 0 Å². The summed E-state index contributed by atoms with van der Waals surface area (Å²) in [4.78, 5) is 0. The normalized spacial score (nSPS) is 25.4. The summed E-state index contributed by atoms with van der Waals surface area (Å²) in [6.07, 6.45) is 23.8. The number of hydrogen-bond donors (Lipinski definition) is 0. The summed E-state index contributed by atoms with van der Waals surface area (Å²) in [7, 11) is 0. The third-order valence-electron chi connectivity index (χ3n) is 8.59. The maximum Gasteiger partial charge on any atom is 0.211 e. The van der Waals surface area contributed by atoms with Gasteiger partial charge in [-0.2, -0.15) is 4.57 Å². The van der Waals surface area contributed by atoms with Crippen molar-refractivity contribution in [2.45, 2.75) is 102 Å². The van der Waals surface area contributed by atoms with E-state index in [4.69, 9.17) is 0 Å². The Balaban J connectivity index is 1.59. The molecule has 0 aliphatic heterocycles. The molecule has 0 saturated heterocycles. The van der Waals surface area contributed by atoms with Crippen LogP contribution in [0.2, 0.25) is 0 Å². The Bertz CT molecular complexity index is 980. The van der Waals surface area contributed by atoms with Crippen molar-refractivity contribution in [1.29, 1.82) is 0 Å². The molecule has 0 amide bonds. The SMILES string of the molecule is C1=C([C@H]2CCCc3cc4c([n+](-c5ccccc5)c32)[C@H](C2=CCCCC2)CCC4)CCCC1. The lowest BCUT2D eigenvalue weighted by atomic mass is 9.74. The molecule has 0 fully saturated rings. The van der Waals surface area contributed by atoms with Gasteiger partial charge in [-0.25, -0.2) is 0 Å². The van der Waals surface area contributed by atoms with Crippen LogP contribution in [0.25, 0.3) is 5.69 Å². The van der Waals surface area contributed by atoms with Crippen LogP contribution in [0.3, 0.4) is 0 Å². The second-order valence-electron chi connectivity index (χ2n) is 10.6. The van der Waals surface area contributed by atoms with E-state index in [-0.39, 0.29) is 0 Å². The average Bonchev–Trinajstić information content (AvgIpc) is 2.88. The molecular formula is C31H38N+. The van der Waals surface area contributed by atoms with Gasteiger partial charge in [0.05, 0.1) is 11.8 Å². The minimum absolute atomic E-state index is 0.618. The number of aryl methyl sites for hydroxylation is 2. The standard InChI is InChI=1S/C31H38N/c1-4-12-23(13-5-1)28-20-10-16-25-22-26-17-11-21-29(24-14-6-2-7-15-24)31(26)32(30(25)28)27-18-8-3-9-19-27/h3,8-9,12,14,18-19,22,28-29H,1-2,4-7,10-11,13,15-17,20-21H2/q+1/t28-,29+. The predicted octanol–water partition coefficient (Wildman–Crippen LogP) is 7.80. The van der Waals surface area contributed by atoms with E-state index < -0.39 is 0 Å². The first kappa shape index (κ1) is 20.5. The molecule has 6 rings (SSSR count). The minimum atomic E-state index is 0.618. The van der Waals surface area contributed by atoms with Crippen LogP contribution in [0.1, 0.15) is 111 Å². The van der Waals surface area contributed by atoms with Crippen LogP contribution in [0.5, 0.6) is 0 Å². The second kappa shape index (κ2) is 9.00. The highest BCUT2D eigenvalue weighted by Crippen LogP contribution is 2.44. The van der Waals surface area contributed by atoms with Crippen molar-refractivity contribution in [2.24, 2.45) is 0 Å². The molecule has 1 heteroatoms. The van der Waals surface area contributed by atoms with Gasteiger partial charge >= 0.3 is 0 Å². The van der Waals surface area contributed by atoms with Gasteiger partial charge in [0.1, 0.15) is 0 Å². The van der Waals surface area contributed by atoms with Gasteiger partial charge in [0, 0.05) is 23.3 Å². The fourth-order valence-corrected chi connectivity index (χ4v) is 7.14. The van der Waals surface area contributed by atoms with E-state index in [0.717, 1.165) is 0 Å². The van der Waals surface area contributed by atoms with Gasteiger partial charge in [-0.15, -0.1) is 0 Å². The summed E-state index contributed by atoms with van der Waals surface area (Å²) < 4.78 is 2.79. The average molecular weight is 425 g/mol. The Hall–Kier alpha value is -2.15. The zero-order valence-electron chi connectivity index (χ0n) is 19.6. The maximum absolute atomic E-state index is 2.79. The van der Waals surface area contributed by atoms with E-state index in [2.05, 4.69) is 53.1 Å². The number of nitrogens with zero attached hydrogens (tertiary/aromatic N) is 1. The van der Waals surface area contributed by atoms with Crippen LogP contribution in [-0.4, -0.2) is 0 Å². The van der Waals surface area contributed by atoms with E-state index in [9.17, 15) is 0 Å². The van der Waals surface area contributed by atoms with Crippen LogP contribution >= 0.6 is 0 Å². The number of rotatable bonds is 3. The monoisotopic (exact) mass is 424 g/mol. The minimum Gasteiger partial charge on any atom is -0.160 e. The van der Waals surface area contributed by atoms with E-state index in [1.54, 1.807) is 33.7 Å². The number of aromatic nitrogens is 1. The first-order chi connectivity index (χ1) is 15.9. The fraction of sp³-hybridized carbons (Fsp3) is 0.516. The molecule has 0 bridgehead atoms. The molecule has 1 aromatic heterocycles. The number of fused-ring (bicyclic) bond motifs is 2. The summed E-state index contributed by atoms with van der Waals surface area (Å²) >= 11 is 0. The third-order valence-corrected chi connectivity index (χ3v) is 8.59. The molecule has 2 atom stereocenters. The van der Waals surface area contributed by atoms with Crippen molar-refractivity contribution in [3.63, 3.8) is 0 Å². The molecule has 0 radical (unpaired) electrons. The summed E-state index contributed by atoms with van der Waals surface area (Å²) in [5.74, 6) is 1.24. The van der Waals surface area contributed by atoms with E-state index in [1.807, 2.05) is 0 Å². The van der Waals surface area contributed by atoms with Crippen molar-refractivity contribution < 1.29 is 4.57 Å². The largest absolute Gasteiger partial charge is 0.211 e. The number of pyridine rings is 1. The smallest absolute Gasteiger partial charge is 0.160 e. The van der Waals surface area contributed by atoms with Crippen molar-refractivity contribution >= 4 is 0 Å². The summed E-state index contributed by atoms with van der Waals surface area (Å²) in [6, 6.07) is 14.0. The van der Waals surface area contributed by atoms with Gasteiger partial charge in [0.25, 0.3) is 0 Å². The first-order valence-corrected chi connectivity index (χ1v) is 13.4. The van der Waals surface area contributed by atoms with Crippen LogP contribution in [0, 0.1) is 0 Å². The highest BCUT2D eigenvalue weighted by Gasteiger charge is 2.41. The Morgan fingerprint density at radius 1 is 0.594 bits per heavy atom. The Morgan fingerprint density at radius 2 is 1.16 bits per heavy atom. The fourth-order valence-electron chi connectivity index (χ4n) is 7.14. The number of allylic oxidation sites excluding steroid dienone is 4.